The number of aliphatic hydroxyl groups excluding tert-OH is 1. The zero-order chi connectivity index (χ0) is 18.4. The lowest BCUT2D eigenvalue weighted by Crippen LogP contribution is -2.41. The predicted octanol–water partition coefficient (Wildman–Crippen LogP) is 1.93. The number of fused-ring (bicyclic) bond motifs is 1. The Labute approximate surface area is 152 Å². The summed E-state index contributed by atoms with van der Waals surface area (Å²) in [5, 5.41) is 19.3. The summed E-state index contributed by atoms with van der Waals surface area (Å²) >= 11 is 0. The van der Waals surface area contributed by atoms with E-state index in [1.165, 1.54) is 4.90 Å². The maximum atomic E-state index is 13.3. The van der Waals surface area contributed by atoms with Crippen LogP contribution >= 0.6 is 0 Å². The van der Waals surface area contributed by atoms with Crippen LogP contribution < -0.4 is 0 Å². The van der Waals surface area contributed by atoms with Crippen LogP contribution in [-0.4, -0.2) is 46.1 Å². The molecule has 1 amide bonds. The van der Waals surface area contributed by atoms with Crippen molar-refractivity contribution in [1.29, 1.82) is 0 Å². The van der Waals surface area contributed by atoms with Crippen LogP contribution in [0.25, 0.3) is 0 Å². The van der Waals surface area contributed by atoms with Crippen molar-refractivity contribution in [3.63, 3.8) is 0 Å². The first-order valence-electron chi connectivity index (χ1n) is 9.17. The highest BCUT2D eigenvalue weighted by atomic mass is 16.5. The van der Waals surface area contributed by atoms with Crippen molar-refractivity contribution in [2.45, 2.75) is 38.3 Å². The molecule has 0 aromatic heterocycles. The molecular formula is C20H23NO5. The van der Waals surface area contributed by atoms with Gasteiger partial charge in [-0.1, -0.05) is 19.1 Å². The topological polar surface area (TPSA) is 87.1 Å². The number of carbonyl (C=O) groups is 2. The summed E-state index contributed by atoms with van der Waals surface area (Å²) in [7, 11) is 0. The van der Waals surface area contributed by atoms with Gasteiger partial charge in [-0.3, -0.25) is 9.59 Å². The number of ketones is 1. The van der Waals surface area contributed by atoms with Gasteiger partial charge < -0.3 is 19.8 Å². The van der Waals surface area contributed by atoms with Gasteiger partial charge in [-0.2, -0.15) is 0 Å². The number of amides is 1. The van der Waals surface area contributed by atoms with E-state index in [0.29, 0.717) is 17.1 Å². The summed E-state index contributed by atoms with van der Waals surface area (Å²) in [4.78, 5) is 27.7. The molecule has 0 bridgehead atoms. The summed E-state index contributed by atoms with van der Waals surface area (Å²) < 4.78 is 6.03. The van der Waals surface area contributed by atoms with Gasteiger partial charge in [-0.25, -0.2) is 0 Å². The summed E-state index contributed by atoms with van der Waals surface area (Å²) in [5.74, 6) is 0.0571. The van der Waals surface area contributed by atoms with Gasteiger partial charge in [-0.05, 0) is 42.9 Å². The second-order valence-electron chi connectivity index (χ2n) is 7.51. The standard InChI is InChI=1S/C20H23NO5/c1-11-5-6-15-14(9-11)18(24)16-17(12-3-2-4-13(23)10-12)21(7-8-22)20(25)19(16)26-15/h2-4,10-11,14-15,17,22-23H,5-9H2,1H3. The SMILES string of the molecule is CC1CCC2OC3=C(C(=O)C2C1)C(c1cccc(O)c1)N(CCO)C3=O. The van der Waals surface area contributed by atoms with Crippen LogP contribution in [0, 0.1) is 11.8 Å². The van der Waals surface area contributed by atoms with Gasteiger partial charge in [0, 0.05) is 6.54 Å². The minimum atomic E-state index is -0.623. The molecule has 138 valence electrons. The number of rotatable bonds is 3. The van der Waals surface area contributed by atoms with Crippen LogP contribution in [0.5, 0.6) is 5.75 Å². The lowest BCUT2D eigenvalue weighted by atomic mass is 9.74. The Morgan fingerprint density at radius 2 is 2.08 bits per heavy atom. The predicted molar refractivity (Wildman–Crippen MR) is 93.1 cm³/mol. The van der Waals surface area contributed by atoms with Gasteiger partial charge in [0.15, 0.2) is 11.5 Å². The minimum absolute atomic E-state index is 0.0232. The van der Waals surface area contributed by atoms with Crippen molar-refractivity contribution in [2.24, 2.45) is 11.8 Å². The number of β-amino-alcohol motifs (C(OH)–C–C–N with tert-alkyl or cyclic N) is 1. The maximum absolute atomic E-state index is 13.3. The second-order valence-corrected chi connectivity index (χ2v) is 7.51. The van der Waals surface area contributed by atoms with Crippen LogP contribution in [-0.2, 0) is 14.3 Å². The summed E-state index contributed by atoms with van der Waals surface area (Å²) in [6.45, 7) is 2.03. The zero-order valence-electron chi connectivity index (χ0n) is 14.7. The molecule has 4 atom stereocenters. The minimum Gasteiger partial charge on any atom is -0.508 e. The van der Waals surface area contributed by atoms with E-state index in [2.05, 4.69) is 6.92 Å². The average Bonchev–Trinajstić information content (AvgIpc) is 2.89. The normalized spacial score (nSPS) is 30.9. The lowest BCUT2D eigenvalue weighted by molar-refractivity contribution is -0.136. The monoisotopic (exact) mass is 357 g/mol. The fraction of sp³-hybridized carbons (Fsp3) is 0.500. The summed E-state index contributed by atoms with van der Waals surface area (Å²) in [6, 6.07) is 5.94. The third-order valence-electron chi connectivity index (χ3n) is 5.73. The quantitative estimate of drug-likeness (QED) is 0.863. The van der Waals surface area contributed by atoms with Gasteiger partial charge in [0.25, 0.3) is 5.91 Å². The van der Waals surface area contributed by atoms with E-state index >= 15 is 0 Å². The number of hydrogen-bond donors (Lipinski definition) is 2. The van der Waals surface area contributed by atoms with Crippen molar-refractivity contribution >= 4 is 11.7 Å². The molecule has 6 heteroatoms. The molecule has 4 unspecified atom stereocenters. The van der Waals surface area contributed by atoms with E-state index in [0.717, 1.165) is 19.3 Å². The number of benzene rings is 1. The molecular weight excluding hydrogens is 334 g/mol. The number of phenolic OH excluding ortho intramolecular Hbond substituents is 1. The third-order valence-corrected chi connectivity index (χ3v) is 5.73. The van der Waals surface area contributed by atoms with Crippen molar-refractivity contribution in [3.05, 3.63) is 41.2 Å². The van der Waals surface area contributed by atoms with Crippen LogP contribution in [0.2, 0.25) is 0 Å². The number of aliphatic hydroxyl groups is 1. The molecule has 0 spiro atoms. The highest BCUT2D eigenvalue weighted by Crippen LogP contribution is 2.47. The molecule has 3 aliphatic rings. The van der Waals surface area contributed by atoms with Gasteiger partial charge >= 0.3 is 0 Å². The first-order chi connectivity index (χ1) is 12.5. The Balaban J connectivity index is 1.79. The van der Waals surface area contributed by atoms with Crippen molar-refractivity contribution < 1.29 is 24.5 Å². The molecule has 2 heterocycles. The van der Waals surface area contributed by atoms with Crippen molar-refractivity contribution in [3.8, 4) is 5.75 Å². The Morgan fingerprint density at radius 3 is 2.81 bits per heavy atom. The fourth-order valence-corrected chi connectivity index (χ4v) is 4.50. The molecule has 0 radical (unpaired) electrons. The number of nitrogens with zero attached hydrogens (tertiary/aromatic N) is 1. The molecule has 1 aliphatic carbocycles. The van der Waals surface area contributed by atoms with E-state index < -0.39 is 6.04 Å². The first kappa shape index (κ1) is 17.1. The Kier molecular flexibility index (Phi) is 4.23. The molecule has 1 fully saturated rings. The van der Waals surface area contributed by atoms with Gasteiger partial charge in [-0.15, -0.1) is 0 Å². The molecule has 26 heavy (non-hydrogen) atoms. The number of hydrogen-bond acceptors (Lipinski definition) is 5. The van der Waals surface area contributed by atoms with E-state index in [4.69, 9.17) is 4.74 Å². The molecule has 4 rings (SSSR count). The molecule has 6 nitrogen and oxygen atoms in total. The van der Waals surface area contributed by atoms with E-state index in [1.807, 2.05) is 0 Å². The summed E-state index contributed by atoms with van der Waals surface area (Å²) in [6.07, 6.45) is 2.29. The Bertz CT molecular complexity index is 786. The Morgan fingerprint density at radius 1 is 1.27 bits per heavy atom. The molecule has 1 aromatic carbocycles. The lowest BCUT2D eigenvalue weighted by Gasteiger charge is -2.37. The van der Waals surface area contributed by atoms with Gasteiger partial charge in [0.1, 0.15) is 11.9 Å². The first-order valence-corrected chi connectivity index (χ1v) is 9.17. The number of Topliss-reactive ketones (excluding diaryl/α,β-unsaturated/α-hetero) is 1. The molecule has 2 aliphatic heterocycles. The van der Waals surface area contributed by atoms with E-state index in [9.17, 15) is 19.8 Å². The number of carbonyl (C=O) groups excluding carboxylic acids is 2. The van der Waals surface area contributed by atoms with Crippen LogP contribution in [0.15, 0.2) is 35.6 Å². The Hall–Kier alpha value is -2.34. The van der Waals surface area contributed by atoms with Gasteiger partial charge in [0.2, 0.25) is 0 Å². The second kappa shape index (κ2) is 6.43. The number of aromatic hydroxyl groups is 1. The molecule has 1 aromatic rings. The van der Waals surface area contributed by atoms with Crippen molar-refractivity contribution in [1.82, 2.24) is 4.90 Å². The zero-order valence-corrected chi connectivity index (χ0v) is 14.7. The van der Waals surface area contributed by atoms with Crippen LogP contribution in [0.4, 0.5) is 0 Å². The highest BCUT2D eigenvalue weighted by Gasteiger charge is 2.52. The number of ether oxygens (including phenoxy) is 1. The fourth-order valence-electron chi connectivity index (χ4n) is 4.50. The largest absolute Gasteiger partial charge is 0.508 e. The number of phenols is 1. The van der Waals surface area contributed by atoms with Crippen LogP contribution in [0.1, 0.15) is 37.8 Å². The van der Waals surface area contributed by atoms with Gasteiger partial charge in [0.05, 0.1) is 24.1 Å². The van der Waals surface area contributed by atoms with E-state index in [-0.39, 0.29) is 48.4 Å². The average molecular weight is 357 g/mol. The smallest absolute Gasteiger partial charge is 0.290 e. The maximum Gasteiger partial charge on any atom is 0.290 e. The highest BCUT2D eigenvalue weighted by molar-refractivity contribution is 6.11. The molecule has 2 N–H and O–H groups in total. The van der Waals surface area contributed by atoms with Crippen LogP contribution in [0.3, 0.4) is 0 Å². The molecule has 0 saturated heterocycles. The van der Waals surface area contributed by atoms with Crippen molar-refractivity contribution in [2.75, 3.05) is 13.2 Å². The third kappa shape index (κ3) is 2.60. The molecule has 1 saturated carbocycles. The van der Waals surface area contributed by atoms with E-state index in [1.54, 1.807) is 24.3 Å². The summed E-state index contributed by atoms with van der Waals surface area (Å²) in [5.41, 5.74) is 1.03.